The van der Waals surface area contributed by atoms with E-state index in [1.54, 1.807) is 0 Å². The van der Waals surface area contributed by atoms with Crippen LogP contribution in [0.2, 0.25) is 0 Å². The lowest BCUT2D eigenvalue weighted by Gasteiger charge is -2.44. The third-order valence-corrected chi connectivity index (χ3v) is 2.87. The van der Waals surface area contributed by atoms with E-state index in [1.165, 1.54) is 0 Å². The van der Waals surface area contributed by atoms with Crippen molar-refractivity contribution in [2.75, 3.05) is 35.2 Å². The second-order valence-corrected chi connectivity index (χ2v) is 3.68. The fourth-order valence-electron chi connectivity index (χ4n) is 2.23. The van der Waals surface area contributed by atoms with E-state index in [1.807, 2.05) is 23.1 Å². The first-order chi connectivity index (χ1) is 6.77. The Morgan fingerprint density at radius 2 is 2.14 bits per heavy atom. The van der Waals surface area contributed by atoms with Crippen molar-refractivity contribution in [3.05, 3.63) is 18.2 Å². The normalized spacial score (nSPS) is 18.7. The molecule has 2 bridgehead atoms. The van der Waals surface area contributed by atoms with Crippen LogP contribution in [0.3, 0.4) is 0 Å². The first kappa shape index (κ1) is 7.67. The minimum atomic E-state index is 0.175. The number of hydrogen-bond donors (Lipinski definition) is 1. The summed E-state index contributed by atoms with van der Waals surface area (Å²) < 4.78 is 0. The monoisotopic (exact) mass is 189 g/mol. The number of benzene rings is 1. The number of nitrogens with zero attached hydrogens (tertiary/aromatic N) is 2. The summed E-state index contributed by atoms with van der Waals surface area (Å²) in [6.07, 6.45) is 0. The topological polar surface area (TPSA) is 49.6 Å². The van der Waals surface area contributed by atoms with Crippen LogP contribution in [0.25, 0.3) is 0 Å². The van der Waals surface area contributed by atoms with Gasteiger partial charge in [-0.2, -0.15) is 0 Å². The third kappa shape index (κ3) is 0.801. The van der Waals surface area contributed by atoms with Gasteiger partial charge in [0.15, 0.2) is 0 Å². The highest BCUT2D eigenvalue weighted by Crippen LogP contribution is 2.40. The van der Waals surface area contributed by atoms with Gasteiger partial charge in [-0.05, 0) is 12.1 Å². The Kier molecular flexibility index (Phi) is 1.32. The maximum atomic E-state index is 11.6. The highest BCUT2D eigenvalue weighted by Gasteiger charge is 2.35. The van der Waals surface area contributed by atoms with Gasteiger partial charge in [0, 0.05) is 13.1 Å². The fourth-order valence-corrected chi connectivity index (χ4v) is 2.23. The van der Waals surface area contributed by atoms with Gasteiger partial charge >= 0.3 is 0 Å². The Hall–Kier alpha value is -1.71. The Morgan fingerprint density at radius 3 is 2.93 bits per heavy atom. The minimum Gasteiger partial charge on any atom is -0.397 e. The summed E-state index contributed by atoms with van der Waals surface area (Å²) in [6, 6.07) is 5.73. The molecule has 0 radical (unpaired) electrons. The summed E-state index contributed by atoms with van der Waals surface area (Å²) in [5.41, 5.74) is 8.65. The van der Waals surface area contributed by atoms with Crippen LogP contribution in [0, 0.1) is 0 Å². The first-order valence-corrected chi connectivity index (χ1v) is 4.71. The number of hydrogen-bond acceptors (Lipinski definition) is 3. The number of fused-ring (bicyclic) bond motifs is 2. The molecule has 3 aliphatic heterocycles. The summed E-state index contributed by atoms with van der Waals surface area (Å²) >= 11 is 0. The smallest absolute Gasteiger partial charge is 0.246 e. The predicted molar refractivity (Wildman–Crippen MR) is 55.4 cm³/mol. The van der Waals surface area contributed by atoms with Crippen LogP contribution >= 0.6 is 0 Å². The van der Waals surface area contributed by atoms with Gasteiger partial charge in [0.2, 0.25) is 5.91 Å². The maximum absolute atomic E-state index is 11.6. The lowest BCUT2D eigenvalue weighted by Crippen LogP contribution is -2.55. The van der Waals surface area contributed by atoms with E-state index < -0.39 is 0 Å². The van der Waals surface area contributed by atoms with Crippen LogP contribution in [0.5, 0.6) is 0 Å². The molecule has 2 N–H and O–H groups in total. The van der Waals surface area contributed by atoms with Gasteiger partial charge in [0.25, 0.3) is 0 Å². The molecule has 4 heteroatoms. The van der Waals surface area contributed by atoms with Crippen molar-refractivity contribution >= 4 is 23.0 Å². The Balaban J connectivity index is 2.25. The Bertz CT molecular complexity index is 416. The molecular weight excluding hydrogens is 178 g/mol. The van der Waals surface area contributed by atoms with Gasteiger partial charge in [-0.1, -0.05) is 6.07 Å². The second-order valence-electron chi connectivity index (χ2n) is 3.68. The standard InChI is InChI=1S/C10H11N3O/c11-7-2-1-3-8-10(7)12-4-5-13(8)9(14)6-12/h1-3H,4-6,11H2. The molecule has 1 aromatic rings. The molecule has 0 atom stereocenters. The number of piperazine rings is 1. The van der Waals surface area contributed by atoms with Gasteiger partial charge in [-0.3, -0.25) is 4.79 Å². The molecule has 1 aromatic carbocycles. The number of nitrogens with two attached hydrogens (primary N) is 1. The number of carbonyl (C=O) groups is 1. The molecule has 0 saturated carbocycles. The molecule has 3 heterocycles. The average Bonchev–Trinajstić information content (AvgIpc) is 2.18. The van der Waals surface area contributed by atoms with Crippen LogP contribution < -0.4 is 15.5 Å². The summed E-state index contributed by atoms with van der Waals surface area (Å²) in [5, 5.41) is 0. The first-order valence-electron chi connectivity index (χ1n) is 4.71. The van der Waals surface area contributed by atoms with E-state index in [0.717, 1.165) is 30.2 Å². The number of rotatable bonds is 0. The molecule has 0 spiro atoms. The molecule has 72 valence electrons. The van der Waals surface area contributed by atoms with Gasteiger partial charge in [-0.25, -0.2) is 0 Å². The minimum absolute atomic E-state index is 0.175. The number of anilines is 3. The highest BCUT2D eigenvalue weighted by molar-refractivity contribution is 6.07. The molecule has 4 rings (SSSR count). The van der Waals surface area contributed by atoms with E-state index in [9.17, 15) is 4.79 Å². The van der Waals surface area contributed by atoms with E-state index in [-0.39, 0.29) is 5.91 Å². The van der Waals surface area contributed by atoms with Crippen molar-refractivity contribution in [2.24, 2.45) is 0 Å². The van der Waals surface area contributed by atoms with E-state index in [2.05, 4.69) is 4.90 Å². The molecule has 1 amide bonds. The largest absolute Gasteiger partial charge is 0.397 e. The van der Waals surface area contributed by atoms with Crippen molar-refractivity contribution in [1.29, 1.82) is 0 Å². The van der Waals surface area contributed by atoms with Gasteiger partial charge in [0.1, 0.15) is 0 Å². The van der Waals surface area contributed by atoms with Crippen molar-refractivity contribution in [3.63, 3.8) is 0 Å². The van der Waals surface area contributed by atoms with E-state index in [4.69, 9.17) is 5.73 Å². The number of amides is 1. The van der Waals surface area contributed by atoms with Crippen LogP contribution in [0.4, 0.5) is 17.1 Å². The Labute approximate surface area is 81.9 Å². The quantitative estimate of drug-likeness (QED) is 0.602. The van der Waals surface area contributed by atoms with Crippen molar-refractivity contribution < 1.29 is 4.79 Å². The summed E-state index contributed by atoms with van der Waals surface area (Å²) in [4.78, 5) is 15.5. The summed E-state index contributed by atoms with van der Waals surface area (Å²) in [5.74, 6) is 0.175. The summed E-state index contributed by atoms with van der Waals surface area (Å²) in [6.45, 7) is 2.16. The third-order valence-electron chi connectivity index (χ3n) is 2.87. The van der Waals surface area contributed by atoms with E-state index in [0.29, 0.717) is 6.54 Å². The fraction of sp³-hybridized carbons (Fsp3) is 0.300. The maximum Gasteiger partial charge on any atom is 0.246 e. The lowest BCUT2D eigenvalue weighted by molar-refractivity contribution is -0.118. The summed E-state index contributed by atoms with van der Waals surface area (Å²) in [7, 11) is 0. The van der Waals surface area contributed by atoms with Gasteiger partial charge in [0.05, 0.1) is 23.6 Å². The Morgan fingerprint density at radius 1 is 1.29 bits per heavy atom. The number of carbonyl (C=O) groups excluding carboxylic acids is 1. The van der Waals surface area contributed by atoms with Crippen LogP contribution in [-0.2, 0) is 4.79 Å². The molecule has 3 aliphatic rings. The van der Waals surface area contributed by atoms with Crippen molar-refractivity contribution in [2.45, 2.75) is 0 Å². The van der Waals surface area contributed by atoms with Gasteiger partial charge in [-0.15, -0.1) is 0 Å². The van der Waals surface area contributed by atoms with Crippen LogP contribution in [0.15, 0.2) is 18.2 Å². The zero-order valence-corrected chi connectivity index (χ0v) is 7.73. The number of para-hydroxylation sites is 1. The SMILES string of the molecule is Nc1cccc2c1N1CCN2C(=O)C1. The molecule has 4 nitrogen and oxygen atoms in total. The molecule has 1 fully saturated rings. The molecule has 0 unspecified atom stereocenters. The molecular formula is C10H11N3O. The molecule has 0 aliphatic carbocycles. The van der Waals surface area contributed by atoms with Crippen LogP contribution in [-0.4, -0.2) is 25.5 Å². The van der Waals surface area contributed by atoms with Crippen molar-refractivity contribution in [1.82, 2.24) is 0 Å². The van der Waals surface area contributed by atoms with Crippen molar-refractivity contribution in [3.8, 4) is 0 Å². The van der Waals surface area contributed by atoms with E-state index >= 15 is 0 Å². The number of nitrogen functional groups attached to an aromatic ring is 1. The predicted octanol–water partition coefficient (Wildman–Crippen LogP) is 0.435. The zero-order chi connectivity index (χ0) is 9.71. The molecule has 14 heavy (non-hydrogen) atoms. The van der Waals surface area contributed by atoms with Crippen LogP contribution in [0.1, 0.15) is 0 Å². The lowest BCUT2D eigenvalue weighted by atomic mass is 10.1. The second kappa shape index (κ2) is 2.41. The molecule has 0 aromatic heterocycles. The average molecular weight is 189 g/mol. The zero-order valence-electron chi connectivity index (χ0n) is 7.73. The molecule has 1 saturated heterocycles. The van der Waals surface area contributed by atoms with Gasteiger partial charge < -0.3 is 15.5 Å². The highest BCUT2D eigenvalue weighted by atomic mass is 16.2.